The summed E-state index contributed by atoms with van der Waals surface area (Å²) in [6, 6.07) is 7.33. The standard InChI is InChI=1S/C18H22ClNO3/c1-13-16(12-22-15-8-6-7-14(19)11-15)23-17(20-13)18(21-2)9-4-3-5-10-18/h6-8,11H,3-5,9-10,12H2,1-2H3. The van der Waals surface area contributed by atoms with Crippen molar-refractivity contribution in [2.75, 3.05) is 7.11 Å². The number of hydrogen-bond donors (Lipinski definition) is 0. The number of oxazole rings is 1. The largest absolute Gasteiger partial charge is 0.486 e. The molecule has 1 fully saturated rings. The van der Waals surface area contributed by atoms with Crippen molar-refractivity contribution in [2.45, 2.75) is 51.2 Å². The number of rotatable bonds is 5. The molecule has 4 nitrogen and oxygen atoms in total. The highest BCUT2D eigenvalue weighted by atomic mass is 35.5. The van der Waals surface area contributed by atoms with E-state index in [1.54, 1.807) is 13.2 Å². The van der Waals surface area contributed by atoms with Gasteiger partial charge in [0.25, 0.3) is 0 Å². The normalized spacial score (nSPS) is 17.2. The van der Waals surface area contributed by atoms with Crippen LogP contribution in [0, 0.1) is 6.92 Å². The number of aryl methyl sites for hydroxylation is 1. The van der Waals surface area contributed by atoms with Crippen LogP contribution in [0.3, 0.4) is 0 Å². The molecular formula is C18H22ClNO3. The summed E-state index contributed by atoms with van der Waals surface area (Å²) in [5, 5.41) is 0.651. The number of benzene rings is 1. The van der Waals surface area contributed by atoms with Crippen LogP contribution in [-0.2, 0) is 16.9 Å². The molecule has 0 spiro atoms. The molecular weight excluding hydrogens is 314 g/mol. The van der Waals surface area contributed by atoms with E-state index < -0.39 is 0 Å². The summed E-state index contributed by atoms with van der Waals surface area (Å²) in [5.41, 5.74) is 0.473. The van der Waals surface area contributed by atoms with E-state index in [1.807, 2.05) is 25.1 Å². The molecule has 1 aromatic carbocycles. The first-order chi connectivity index (χ1) is 11.1. The fourth-order valence-corrected chi connectivity index (χ4v) is 3.27. The lowest BCUT2D eigenvalue weighted by Crippen LogP contribution is -2.31. The van der Waals surface area contributed by atoms with Crippen LogP contribution in [0.25, 0.3) is 0 Å². The first kappa shape index (κ1) is 16.3. The van der Waals surface area contributed by atoms with Gasteiger partial charge < -0.3 is 13.9 Å². The van der Waals surface area contributed by atoms with Crippen LogP contribution in [0.1, 0.15) is 49.4 Å². The summed E-state index contributed by atoms with van der Waals surface area (Å²) in [6.07, 6.45) is 5.44. The van der Waals surface area contributed by atoms with Crippen LogP contribution >= 0.6 is 11.6 Å². The van der Waals surface area contributed by atoms with Gasteiger partial charge in [0.1, 0.15) is 18.0 Å². The van der Waals surface area contributed by atoms with Gasteiger partial charge in [-0.05, 0) is 38.0 Å². The first-order valence-electron chi connectivity index (χ1n) is 8.03. The van der Waals surface area contributed by atoms with Crippen LogP contribution in [-0.4, -0.2) is 12.1 Å². The zero-order chi connectivity index (χ0) is 16.3. The van der Waals surface area contributed by atoms with Crippen LogP contribution in [0.2, 0.25) is 5.02 Å². The topological polar surface area (TPSA) is 44.5 Å². The number of halogens is 1. The van der Waals surface area contributed by atoms with Gasteiger partial charge in [-0.2, -0.15) is 0 Å². The van der Waals surface area contributed by atoms with Crippen molar-refractivity contribution in [3.8, 4) is 5.75 Å². The molecule has 1 aromatic heterocycles. The molecule has 1 aliphatic carbocycles. The molecule has 1 heterocycles. The van der Waals surface area contributed by atoms with Gasteiger partial charge in [-0.15, -0.1) is 0 Å². The maximum absolute atomic E-state index is 6.01. The third kappa shape index (κ3) is 3.54. The third-order valence-corrected chi connectivity index (χ3v) is 4.74. The predicted octanol–water partition coefficient (Wildman–Crippen LogP) is 5.02. The van der Waals surface area contributed by atoms with Gasteiger partial charge in [-0.3, -0.25) is 0 Å². The van der Waals surface area contributed by atoms with Crippen molar-refractivity contribution in [1.82, 2.24) is 4.98 Å². The fraction of sp³-hybridized carbons (Fsp3) is 0.500. The van der Waals surface area contributed by atoms with Gasteiger partial charge in [-0.25, -0.2) is 4.98 Å². The summed E-state index contributed by atoms with van der Waals surface area (Å²) in [5.74, 6) is 2.14. The number of hydrogen-bond acceptors (Lipinski definition) is 4. The van der Waals surface area contributed by atoms with E-state index in [0.29, 0.717) is 23.3 Å². The Morgan fingerprint density at radius 3 is 2.74 bits per heavy atom. The maximum atomic E-state index is 6.01. The van der Waals surface area contributed by atoms with E-state index in [0.717, 1.165) is 37.1 Å². The molecule has 0 saturated heterocycles. The highest BCUT2D eigenvalue weighted by Crippen LogP contribution is 2.40. The smallest absolute Gasteiger partial charge is 0.227 e. The second kappa shape index (κ2) is 6.93. The molecule has 1 aliphatic rings. The number of aromatic nitrogens is 1. The molecule has 0 atom stereocenters. The highest BCUT2D eigenvalue weighted by molar-refractivity contribution is 6.30. The van der Waals surface area contributed by atoms with E-state index in [2.05, 4.69) is 4.98 Å². The summed E-state index contributed by atoms with van der Waals surface area (Å²) in [6.45, 7) is 2.27. The monoisotopic (exact) mass is 335 g/mol. The molecule has 3 rings (SSSR count). The van der Waals surface area contributed by atoms with Gasteiger partial charge in [0, 0.05) is 12.1 Å². The van der Waals surface area contributed by atoms with Crippen molar-refractivity contribution in [2.24, 2.45) is 0 Å². The molecule has 0 bridgehead atoms. The second-order valence-electron chi connectivity index (χ2n) is 6.03. The first-order valence-corrected chi connectivity index (χ1v) is 8.41. The zero-order valence-corrected chi connectivity index (χ0v) is 14.4. The number of nitrogens with zero attached hydrogens (tertiary/aromatic N) is 1. The lowest BCUT2D eigenvalue weighted by molar-refractivity contribution is -0.0651. The molecule has 0 radical (unpaired) electrons. The van der Waals surface area contributed by atoms with Crippen LogP contribution in [0.4, 0.5) is 0 Å². The minimum absolute atomic E-state index is 0.332. The predicted molar refractivity (Wildman–Crippen MR) is 88.8 cm³/mol. The molecule has 0 N–H and O–H groups in total. The minimum Gasteiger partial charge on any atom is -0.486 e. The Labute approximate surface area is 141 Å². The molecule has 2 aromatic rings. The number of methoxy groups -OCH3 is 1. The van der Waals surface area contributed by atoms with Crippen molar-refractivity contribution >= 4 is 11.6 Å². The fourth-order valence-electron chi connectivity index (χ4n) is 3.09. The van der Waals surface area contributed by atoms with Crippen molar-refractivity contribution < 1.29 is 13.9 Å². The van der Waals surface area contributed by atoms with Gasteiger partial charge in [0.05, 0.1) is 5.69 Å². The van der Waals surface area contributed by atoms with Crippen LogP contribution in [0.15, 0.2) is 28.7 Å². The SMILES string of the molecule is COC1(c2nc(C)c(COc3cccc(Cl)c3)o2)CCCCC1. The Morgan fingerprint density at radius 1 is 1.26 bits per heavy atom. The summed E-state index contributed by atoms with van der Waals surface area (Å²) in [7, 11) is 1.74. The number of ether oxygens (including phenoxy) is 2. The molecule has 0 aliphatic heterocycles. The summed E-state index contributed by atoms with van der Waals surface area (Å²) < 4.78 is 17.6. The average Bonchev–Trinajstić information content (AvgIpc) is 2.95. The van der Waals surface area contributed by atoms with E-state index in [9.17, 15) is 0 Å². The Morgan fingerprint density at radius 2 is 2.04 bits per heavy atom. The Balaban J connectivity index is 1.75. The van der Waals surface area contributed by atoms with Gasteiger partial charge in [0.15, 0.2) is 5.76 Å². The van der Waals surface area contributed by atoms with Crippen LogP contribution in [0.5, 0.6) is 5.75 Å². The molecule has 0 amide bonds. The highest BCUT2D eigenvalue weighted by Gasteiger charge is 2.39. The quantitative estimate of drug-likeness (QED) is 0.769. The van der Waals surface area contributed by atoms with Crippen molar-refractivity contribution in [3.05, 3.63) is 46.6 Å². The molecule has 5 heteroatoms. The Hall–Kier alpha value is -1.52. The zero-order valence-electron chi connectivity index (χ0n) is 13.6. The Bertz CT molecular complexity index is 662. The summed E-state index contributed by atoms with van der Waals surface area (Å²) in [4.78, 5) is 4.61. The van der Waals surface area contributed by atoms with Gasteiger partial charge in [0.2, 0.25) is 5.89 Å². The maximum Gasteiger partial charge on any atom is 0.227 e. The molecule has 124 valence electrons. The Kier molecular flexibility index (Phi) is 4.93. The molecule has 23 heavy (non-hydrogen) atoms. The van der Waals surface area contributed by atoms with Gasteiger partial charge in [-0.1, -0.05) is 36.9 Å². The molecule has 0 unspecified atom stereocenters. The van der Waals surface area contributed by atoms with Gasteiger partial charge >= 0.3 is 0 Å². The minimum atomic E-state index is -0.378. The molecule has 1 saturated carbocycles. The lowest BCUT2D eigenvalue weighted by Gasteiger charge is -2.32. The lowest BCUT2D eigenvalue weighted by atomic mass is 9.84. The van der Waals surface area contributed by atoms with E-state index in [1.165, 1.54) is 6.42 Å². The van der Waals surface area contributed by atoms with Crippen molar-refractivity contribution in [3.63, 3.8) is 0 Å². The van der Waals surface area contributed by atoms with Crippen LogP contribution < -0.4 is 4.74 Å². The van der Waals surface area contributed by atoms with E-state index in [4.69, 9.17) is 25.5 Å². The van der Waals surface area contributed by atoms with E-state index in [-0.39, 0.29) is 5.60 Å². The average molecular weight is 336 g/mol. The third-order valence-electron chi connectivity index (χ3n) is 4.50. The second-order valence-corrected chi connectivity index (χ2v) is 6.47. The summed E-state index contributed by atoms with van der Waals surface area (Å²) >= 11 is 5.97. The van der Waals surface area contributed by atoms with Crippen molar-refractivity contribution in [1.29, 1.82) is 0 Å². The van der Waals surface area contributed by atoms with E-state index >= 15 is 0 Å².